The molecule has 1 aliphatic carbocycles. The van der Waals surface area contributed by atoms with Gasteiger partial charge < -0.3 is 19.7 Å². The molecule has 0 bridgehead atoms. The van der Waals surface area contributed by atoms with E-state index >= 15 is 0 Å². The van der Waals surface area contributed by atoms with Gasteiger partial charge in [-0.05, 0) is 32.1 Å². The maximum atomic E-state index is 10.1. The second kappa shape index (κ2) is 4.78. The Labute approximate surface area is 90.2 Å². The van der Waals surface area contributed by atoms with Crippen LogP contribution in [-0.2, 0) is 9.47 Å². The van der Waals surface area contributed by atoms with Crippen molar-refractivity contribution in [3.63, 3.8) is 0 Å². The highest BCUT2D eigenvalue weighted by Gasteiger charge is 2.41. The molecular weight excluding hydrogens is 196 g/mol. The zero-order valence-electron chi connectivity index (χ0n) is 9.02. The lowest BCUT2D eigenvalue weighted by Gasteiger charge is -2.39. The lowest BCUT2D eigenvalue weighted by atomic mass is 9.91. The van der Waals surface area contributed by atoms with Gasteiger partial charge in [0, 0.05) is 13.0 Å². The van der Waals surface area contributed by atoms with Crippen molar-refractivity contribution in [2.45, 2.75) is 63.1 Å². The van der Waals surface area contributed by atoms with Gasteiger partial charge in [-0.25, -0.2) is 0 Å². The van der Waals surface area contributed by atoms with E-state index in [2.05, 4.69) is 0 Å². The first-order chi connectivity index (χ1) is 7.21. The van der Waals surface area contributed by atoms with Crippen LogP contribution in [0.15, 0.2) is 0 Å². The molecule has 0 spiro atoms. The highest BCUT2D eigenvalue weighted by atomic mass is 16.7. The molecule has 3 atom stereocenters. The Hall–Kier alpha value is -0.160. The number of hydrogen-bond donors (Lipinski definition) is 2. The summed E-state index contributed by atoms with van der Waals surface area (Å²) in [6.07, 6.45) is 4.82. The smallest absolute Gasteiger partial charge is 0.194 e. The molecule has 2 N–H and O–H groups in total. The minimum Gasteiger partial charge on any atom is -0.388 e. The molecule has 0 aromatic carbocycles. The van der Waals surface area contributed by atoms with Crippen LogP contribution >= 0.6 is 0 Å². The van der Waals surface area contributed by atoms with Crippen molar-refractivity contribution in [2.75, 3.05) is 6.61 Å². The summed E-state index contributed by atoms with van der Waals surface area (Å²) in [5, 5.41) is 19.9. The molecule has 2 aliphatic rings. The highest BCUT2D eigenvalue weighted by Crippen LogP contribution is 2.32. The van der Waals surface area contributed by atoms with Gasteiger partial charge in [0.05, 0.1) is 0 Å². The Morgan fingerprint density at radius 1 is 1.13 bits per heavy atom. The third kappa shape index (κ3) is 2.69. The molecule has 2 fully saturated rings. The van der Waals surface area contributed by atoms with Gasteiger partial charge in [0.2, 0.25) is 0 Å². The molecule has 0 aromatic heterocycles. The fourth-order valence-corrected chi connectivity index (χ4v) is 2.28. The summed E-state index contributed by atoms with van der Waals surface area (Å²) >= 11 is 0. The molecule has 1 saturated heterocycles. The fraction of sp³-hybridized carbons (Fsp3) is 1.00. The lowest BCUT2D eigenvalue weighted by molar-refractivity contribution is -0.337. The fourth-order valence-electron chi connectivity index (χ4n) is 2.28. The van der Waals surface area contributed by atoms with Crippen LogP contribution in [0, 0.1) is 0 Å². The lowest BCUT2D eigenvalue weighted by Crippen LogP contribution is -2.50. The van der Waals surface area contributed by atoms with E-state index in [1.165, 1.54) is 0 Å². The molecular formula is C11H20O4. The summed E-state index contributed by atoms with van der Waals surface area (Å²) in [6.45, 7) is 0.691. The van der Waals surface area contributed by atoms with Crippen molar-refractivity contribution < 1.29 is 19.7 Å². The zero-order chi connectivity index (χ0) is 10.7. The number of ether oxygens (including phenoxy) is 2. The second-order valence-electron chi connectivity index (χ2n) is 4.52. The van der Waals surface area contributed by atoms with E-state index in [0.29, 0.717) is 19.4 Å². The molecule has 0 aromatic rings. The first-order valence-corrected chi connectivity index (χ1v) is 5.90. The van der Waals surface area contributed by atoms with Crippen LogP contribution in [0.1, 0.15) is 44.9 Å². The summed E-state index contributed by atoms with van der Waals surface area (Å²) in [5.41, 5.74) is 0. The minimum absolute atomic E-state index is 0.337. The third-order valence-corrected chi connectivity index (χ3v) is 3.26. The second-order valence-corrected chi connectivity index (χ2v) is 4.52. The van der Waals surface area contributed by atoms with Crippen LogP contribution in [0.2, 0.25) is 0 Å². The van der Waals surface area contributed by atoms with Crippen LogP contribution in [-0.4, -0.2) is 35.0 Å². The van der Waals surface area contributed by atoms with Gasteiger partial charge in [0.1, 0.15) is 6.10 Å². The van der Waals surface area contributed by atoms with Crippen LogP contribution in [0.25, 0.3) is 0 Å². The molecule has 4 heteroatoms. The van der Waals surface area contributed by atoms with Crippen molar-refractivity contribution >= 4 is 0 Å². The van der Waals surface area contributed by atoms with Gasteiger partial charge in [0.15, 0.2) is 12.1 Å². The van der Waals surface area contributed by atoms with Gasteiger partial charge in [0.25, 0.3) is 0 Å². The number of hydrogen-bond acceptors (Lipinski definition) is 4. The van der Waals surface area contributed by atoms with Gasteiger partial charge in [-0.15, -0.1) is 0 Å². The molecule has 3 unspecified atom stereocenters. The van der Waals surface area contributed by atoms with Gasteiger partial charge >= 0.3 is 0 Å². The van der Waals surface area contributed by atoms with Crippen LogP contribution in [0.5, 0.6) is 0 Å². The highest BCUT2D eigenvalue weighted by molar-refractivity contribution is 4.82. The number of rotatable bonds is 2. The van der Waals surface area contributed by atoms with Crippen LogP contribution in [0.4, 0.5) is 0 Å². The Balaban J connectivity index is 1.89. The number of aliphatic hydroxyl groups excluding tert-OH is 1. The maximum absolute atomic E-state index is 10.1. The minimum atomic E-state index is -1.37. The molecule has 15 heavy (non-hydrogen) atoms. The van der Waals surface area contributed by atoms with Crippen LogP contribution < -0.4 is 0 Å². The topological polar surface area (TPSA) is 58.9 Å². The number of aliphatic hydroxyl groups is 2. The van der Waals surface area contributed by atoms with Crippen molar-refractivity contribution in [1.29, 1.82) is 0 Å². The standard InChI is InChI=1S/C11H20O4/c12-9-5-1-3-7-11(9,13)15-10-6-2-4-8-14-10/h9-10,12-13H,1-8H2. The molecule has 2 rings (SSSR count). The summed E-state index contributed by atoms with van der Waals surface area (Å²) in [7, 11) is 0. The summed E-state index contributed by atoms with van der Waals surface area (Å²) < 4.78 is 10.9. The Morgan fingerprint density at radius 3 is 2.60 bits per heavy atom. The average Bonchev–Trinajstić information content (AvgIpc) is 2.24. The molecule has 1 saturated carbocycles. The Bertz CT molecular complexity index is 203. The van der Waals surface area contributed by atoms with Gasteiger partial charge in [-0.1, -0.05) is 6.42 Å². The van der Waals surface area contributed by atoms with Crippen LogP contribution in [0.3, 0.4) is 0 Å². The normalized spacial score (nSPS) is 42.8. The van der Waals surface area contributed by atoms with E-state index in [1.807, 2.05) is 0 Å². The SMILES string of the molecule is OC1CCCCC1(O)OC1CCCCO1. The van der Waals surface area contributed by atoms with E-state index in [9.17, 15) is 10.2 Å². The van der Waals surface area contributed by atoms with Gasteiger partial charge in [-0.3, -0.25) is 0 Å². The predicted octanol–water partition coefficient (Wildman–Crippen LogP) is 1.15. The van der Waals surface area contributed by atoms with E-state index in [1.54, 1.807) is 0 Å². The van der Waals surface area contributed by atoms with E-state index in [-0.39, 0.29) is 6.29 Å². The molecule has 0 radical (unpaired) electrons. The molecule has 88 valence electrons. The van der Waals surface area contributed by atoms with Crippen molar-refractivity contribution in [1.82, 2.24) is 0 Å². The van der Waals surface area contributed by atoms with Crippen molar-refractivity contribution in [3.05, 3.63) is 0 Å². The maximum Gasteiger partial charge on any atom is 0.194 e. The van der Waals surface area contributed by atoms with Crippen molar-refractivity contribution in [2.24, 2.45) is 0 Å². The molecule has 1 aliphatic heterocycles. The first kappa shape index (κ1) is 11.3. The summed E-state index contributed by atoms with van der Waals surface area (Å²) in [4.78, 5) is 0. The zero-order valence-corrected chi connectivity index (χ0v) is 9.02. The molecule has 1 heterocycles. The first-order valence-electron chi connectivity index (χ1n) is 5.90. The molecule has 0 amide bonds. The largest absolute Gasteiger partial charge is 0.388 e. The summed E-state index contributed by atoms with van der Waals surface area (Å²) in [5.74, 6) is -1.37. The predicted molar refractivity (Wildman–Crippen MR) is 54.1 cm³/mol. The average molecular weight is 216 g/mol. The van der Waals surface area contributed by atoms with E-state index < -0.39 is 11.9 Å². The van der Waals surface area contributed by atoms with E-state index in [0.717, 1.165) is 32.1 Å². The van der Waals surface area contributed by atoms with E-state index in [4.69, 9.17) is 9.47 Å². The molecule has 4 nitrogen and oxygen atoms in total. The quantitative estimate of drug-likeness (QED) is 0.680. The third-order valence-electron chi connectivity index (χ3n) is 3.26. The van der Waals surface area contributed by atoms with Crippen molar-refractivity contribution in [3.8, 4) is 0 Å². The Kier molecular flexibility index (Phi) is 3.61. The monoisotopic (exact) mass is 216 g/mol. The van der Waals surface area contributed by atoms with Gasteiger partial charge in [-0.2, -0.15) is 0 Å². The summed E-state index contributed by atoms with van der Waals surface area (Å²) in [6, 6.07) is 0. The Morgan fingerprint density at radius 2 is 1.93 bits per heavy atom.